The molecule has 0 spiro atoms. The number of guanidine groups is 1. The Morgan fingerprint density at radius 2 is 1.84 bits per heavy atom. The molecular weight excluding hydrogens is 600 g/mol. The van der Waals surface area contributed by atoms with Crippen LogP contribution in [0, 0.1) is 11.3 Å². The number of likely N-dealkylation sites (tertiary alicyclic amines) is 1. The van der Waals surface area contributed by atoms with E-state index in [1.807, 2.05) is 30.3 Å². The highest BCUT2D eigenvalue weighted by Gasteiger charge is 2.37. The van der Waals surface area contributed by atoms with Crippen LogP contribution in [-0.2, 0) is 20.8 Å². The molecule has 244 valence electrons. The normalized spacial score (nSPS) is 17.2. The van der Waals surface area contributed by atoms with Crippen molar-refractivity contribution >= 4 is 42.0 Å². The first-order valence-corrected chi connectivity index (χ1v) is 15.0. The molecule has 2 heterocycles. The first-order valence-electron chi connectivity index (χ1n) is 15.0. The van der Waals surface area contributed by atoms with Crippen LogP contribution in [0.25, 0.3) is 0 Å². The molecule has 0 unspecified atom stereocenters. The Labute approximate surface area is 269 Å². The average molecular weight is 643 g/mol. The van der Waals surface area contributed by atoms with Gasteiger partial charge in [-0.2, -0.15) is 0 Å². The summed E-state index contributed by atoms with van der Waals surface area (Å²) in [7, 11) is 0. The van der Waals surface area contributed by atoms with Crippen molar-refractivity contribution in [2.45, 2.75) is 56.7 Å². The molecule has 2 aromatic rings. The maximum absolute atomic E-state index is 13.9. The van der Waals surface area contributed by atoms with Crippen molar-refractivity contribution in [1.29, 1.82) is 5.41 Å². The number of hydrogen-bond donors (Lipinski definition) is 6. The van der Waals surface area contributed by atoms with Gasteiger partial charge in [-0.1, -0.05) is 30.3 Å². The number of carbonyl (C=O) groups is 4. The highest BCUT2D eigenvalue weighted by atomic mass is 35.5. The summed E-state index contributed by atoms with van der Waals surface area (Å²) in [6.45, 7) is 2.00. The lowest BCUT2D eigenvalue weighted by Gasteiger charge is -2.33. The fourth-order valence-corrected chi connectivity index (χ4v) is 5.26. The minimum Gasteiger partial charge on any atom is -0.370 e. The molecule has 1 saturated heterocycles. The van der Waals surface area contributed by atoms with Gasteiger partial charge >= 0.3 is 0 Å². The molecule has 2 aliphatic rings. The molecule has 1 aliphatic carbocycles. The van der Waals surface area contributed by atoms with Gasteiger partial charge in [-0.05, 0) is 43.6 Å². The van der Waals surface area contributed by atoms with Gasteiger partial charge in [0.15, 0.2) is 5.96 Å². The Kier molecular flexibility index (Phi) is 13.5. The minimum absolute atomic E-state index is 0. The summed E-state index contributed by atoms with van der Waals surface area (Å²) in [6.07, 6.45) is 7.58. The molecular formula is C30H43ClN10O4. The number of aromatic nitrogens is 2. The number of rotatable bonds is 14. The van der Waals surface area contributed by atoms with E-state index in [2.05, 4.69) is 25.9 Å². The van der Waals surface area contributed by atoms with Gasteiger partial charge in [0.2, 0.25) is 17.7 Å². The van der Waals surface area contributed by atoms with E-state index in [-0.39, 0.29) is 67.9 Å². The zero-order chi connectivity index (χ0) is 31.5. The van der Waals surface area contributed by atoms with E-state index < -0.39 is 29.8 Å². The summed E-state index contributed by atoms with van der Waals surface area (Å²) in [5.41, 5.74) is 12.9. The molecule has 1 saturated carbocycles. The van der Waals surface area contributed by atoms with Crippen molar-refractivity contribution < 1.29 is 19.2 Å². The average Bonchev–Trinajstić information content (AvgIpc) is 3.88. The molecule has 14 nitrogen and oxygen atoms in total. The lowest BCUT2D eigenvalue weighted by atomic mass is 9.98. The summed E-state index contributed by atoms with van der Waals surface area (Å²) in [5.74, 6) is -1.61. The molecule has 4 rings (SSSR count). The second-order valence-corrected chi connectivity index (χ2v) is 11.3. The number of amides is 4. The maximum Gasteiger partial charge on any atom is 0.271 e. The van der Waals surface area contributed by atoms with Crippen LogP contribution < -0.4 is 27.4 Å². The van der Waals surface area contributed by atoms with Crippen LogP contribution in [0.2, 0.25) is 0 Å². The van der Waals surface area contributed by atoms with Crippen molar-refractivity contribution in [3.05, 3.63) is 60.2 Å². The molecule has 0 radical (unpaired) electrons. The maximum atomic E-state index is 13.9. The molecule has 2 fully saturated rings. The standard InChI is InChI=1S/C30H42N10O4.ClH/c31-23(15-20-5-2-1-3-6-20)27(42)38-24(16-26(41)37-17-21-7-4-13-39(19-21)30(32)33)29(44)40(22-8-9-22)14-12-36-28(43)25-18-34-10-11-35-25;/h1-3,5-6,10-11,18,21-24H,4,7-9,12-17,19,31H2,(H3,32,33)(H,36,43)(H,37,41)(H,38,42);1H/t21-,23-,24-;/m0./s1. The van der Waals surface area contributed by atoms with Crippen LogP contribution in [0.1, 0.15) is 48.2 Å². The van der Waals surface area contributed by atoms with Crippen LogP contribution in [0.5, 0.6) is 0 Å². The van der Waals surface area contributed by atoms with Gasteiger partial charge in [-0.3, -0.25) is 29.6 Å². The first kappa shape index (κ1) is 35.2. The zero-order valence-electron chi connectivity index (χ0n) is 25.2. The van der Waals surface area contributed by atoms with Crippen LogP contribution >= 0.6 is 12.4 Å². The van der Waals surface area contributed by atoms with E-state index >= 15 is 0 Å². The third kappa shape index (κ3) is 11.0. The van der Waals surface area contributed by atoms with Crippen LogP contribution in [0.15, 0.2) is 48.9 Å². The number of hydrogen-bond acceptors (Lipinski definition) is 8. The molecule has 45 heavy (non-hydrogen) atoms. The molecule has 4 amide bonds. The minimum atomic E-state index is -1.14. The first-order chi connectivity index (χ1) is 21.2. The smallest absolute Gasteiger partial charge is 0.271 e. The number of benzene rings is 1. The van der Waals surface area contributed by atoms with E-state index in [9.17, 15) is 19.2 Å². The van der Waals surface area contributed by atoms with Gasteiger partial charge in [0.25, 0.3) is 5.91 Å². The highest BCUT2D eigenvalue weighted by Crippen LogP contribution is 2.27. The van der Waals surface area contributed by atoms with E-state index in [4.69, 9.17) is 16.9 Å². The summed E-state index contributed by atoms with van der Waals surface area (Å²) in [4.78, 5) is 63.8. The molecule has 3 atom stereocenters. The number of piperidine rings is 1. The van der Waals surface area contributed by atoms with E-state index in [0.29, 0.717) is 19.6 Å². The summed E-state index contributed by atoms with van der Waals surface area (Å²) >= 11 is 0. The van der Waals surface area contributed by atoms with Crippen molar-refractivity contribution in [3.8, 4) is 0 Å². The number of nitrogens with zero attached hydrogens (tertiary/aromatic N) is 4. The zero-order valence-corrected chi connectivity index (χ0v) is 26.0. The number of carbonyl (C=O) groups excluding carboxylic acids is 4. The van der Waals surface area contributed by atoms with Crippen LogP contribution in [-0.4, -0.2) is 100 Å². The monoisotopic (exact) mass is 642 g/mol. The largest absolute Gasteiger partial charge is 0.370 e. The van der Waals surface area contributed by atoms with Crippen LogP contribution in [0.4, 0.5) is 0 Å². The molecule has 0 bridgehead atoms. The Hall–Kier alpha value is -4.30. The van der Waals surface area contributed by atoms with Gasteiger partial charge in [-0.25, -0.2) is 4.98 Å². The molecule has 1 aromatic heterocycles. The molecule has 15 heteroatoms. The molecule has 1 aromatic carbocycles. The number of halogens is 1. The van der Waals surface area contributed by atoms with Crippen molar-refractivity contribution in [2.75, 3.05) is 32.7 Å². The predicted octanol–water partition coefficient (Wildman–Crippen LogP) is -0.214. The Bertz CT molecular complexity index is 1300. The van der Waals surface area contributed by atoms with Crippen molar-refractivity contribution in [3.63, 3.8) is 0 Å². The van der Waals surface area contributed by atoms with E-state index in [1.54, 1.807) is 9.80 Å². The lowest BCUT2D eigenvalue weighted by Crippen LogP contribution is -2.55. The Balaban J connectivity index is 0.00000552. The summed E-state index contributed by atoms with van der Waals surface area (Å²) in [5, 5.41) is 16.1. The SMILES string of the molecule is Cl.N=C(N)N1CCC[C@@H](CNC(=O)C[C@H](NC(=O)[C@@H](N)Cc2ccccc2)C(=O)N(CCNC(=O)c2cnccn2)C2CC2)C1. The molecule has 1 aliphatic heterocycles. The topological polar surface area (TPSA) is 213 Å². The van der Waals surface area contributed by atoms with Crippen molar-refractivity contribution in [1.82, 2.24) is 35.7 Å². The van der Waals surface area contributed by atoms with Gasteiger partial charge in [-0.15, -0.1) is 12.4 Å². The fourth-order valence-electron chi connectivity index (χ4n) is 5.26. The Morgan fingerprint density at radius 1 is 1.09 bits per heavy atom. The lowest BCUT2D eigenvalue weighted by molar-refractivity contribution is -0.139. The summed E-state index contributed by atoms with van der Waals surface area (Å²) < 4.78 is 0. The second-order valence-electron chi connectivity index (χ2n) is 11.3. The highest BCUT2D eigenvalue weighted by molar-refractivity contribution is 5.94. The van der Waals surface area contributed by atoms with Crippen molar-refractivity contribution in [2.24, 2.45) is 17.4 Å². The van der Waals surface area contributed by atoms with Gasteiger partial charge in [0.05, 0.1) is 18.7 Å². The van der Waals surface area contributed by atoms with E-state index in [1.165, 1.54) is 18.6 Å². The summed E-state index contributed by atoms with van der Waals surface area (Å²) in [6, 6.07) is 7.21. The van der Waals surface area contributed by atoms with Gasteiger partial charge < -0.3 is 37.2 Å². The number of nitrogens with two attached hydrogens (primary N) is 2. The Morgan fingerprint density at radius 3 is 2.51 bits per heavy atom. The number of nitrogens with one attached hydrogen (secondary N) is 4. The van der Waals surface area contributed by atoms with Gasteiger partial charge in [0.1, 0.15) is 11.7 Å². The third-order valence-corrected chi connectivity index (χ3v) is 7.79. The van der Waals surface area contributed by atoms with Crippen LogP contribution in [0.3, 0.4) is 0 Å². The quantitative estimate of drug-likeness (QED) is 0.119. The van der Waals surface area contributed by atoms with Gasteiger partial charge in [0, 0.05) is 51.2 Å². The fraction of sp³-hybridized carbons (Fsp3) is 0.500. The third-order valence-electron chi connectivity index (χ3n) is 7.79. The molecule has 8 N–H and O–H groups in total. The predicted molar refractivity (Wildman–Crippen MR) is 170 cm³/mol. The second kappa shape index (κ2) is 17.3. The van der Waals surface area contributed by atoms with E-state index in [0.717, 1.165) is 31.2 Å².